The molecule has 0 spiro atoms. The molecule has 0 saturated heterocycles. The molecular weight excluding hydrogens is 466 g/mol. The lowest BCUT2D eigenvalue weighted by molar-refractivity contribution is 0.443. The molecule has 0 radical (unpaired) electrons. The van der Waals surface area contributed by atoms with Gasteiger partial charge in [0.2, 0.25) is 19.6 Å². The minimum Gasteiger partial charge on any atom is -0.203 e. The highest BCUT2D eigenvalue weighted by atomic mass is 32.2. The lowest BCUT2D eigenvalue weighted by Crippen LogP contribution is -2.21. The van der Waals surface area contributed by atoms with Gasteiger partial charge in [0.15, 0.2) is 44.7 Å². The molecule has 0 aromatic heterocycles. The first kappa shape index (κ1) is 21.0. The van der Waals surface area contributed by atoms with Gasteiger partial charge in [0.1, 0.15) is 21.8 Å². The SMILES string of the molecule is Fc1cc([S+]2c3ccccc3[S+](c3cc(F)c(F)c(F)c3)c3ccccc32)cc(F)c1F. The van der Waals surface area contributed by atoms with E-state index in [2.05, 4.69) is 0 Å². The average Bonchev–Trinajstić information content (AvgIpc) is 2.78. The summed E-state index contributed by atoms with van der Waals surface area (Å²) in [5.74, 6) is -8.28. The Kier molecular flexibility index (Phi) is 5.22. The van der Waals surface area contributed by atoms with Gasteiger partial charge in [-0.1, -0.05) is 24.3 Å². The van der Waals surface area contributed by atoms with Gasteiger partial charge in [-0.25, -0.2) is 26.3 Å². The highest BCUT2D eigenvalue weighted by Crippen LogP contribution is 2.48. The second-order valence-electron chi connectivity index (χ2n) is 6.91. The van der Waals surface area contributed by atoms with Crippen LogP contribution in [0.1, 0.15) is 0 Å². The molecule has 0 saturated carbocycles. The molecule has 4 aromatic rings. The molecule has 1 heterocycles. The molecule has 0 unspecified atom stereocenters. The van der Waals surface area contributed by atoms with E-state index >= 15 is 0 Å². The van der Waals surface area contributed by atoms with Gasteiger partial charge in [-0.3, -0.25) is 0 Å². The van der Waals surface area contributed by atoms with Crippen molar-refractivity contribution in [3.63, 3.8) is 0 Å². The number of hydrogen-bond donors (Lipinski definition) is 0. The van der Waals surface area contributed by atoms with Crippen LogP contribution in [0.25, 0.3) is 0 Å². The molecule has 0 nitrogen and oxygen atoms in total. The molecule has 1 aliphatic rings. The van der Waals surface area contributed by atoms with Crippen molar-refractivity contribution in [3.05, 3.63) is 108 Å². The smallest absolute Gasteiger partial charge is 0.203 e. The molecule has 5 rings (SSSR count). The van der Waals surface area contributed by atoms with Crippen molar-refractivity contribution in [2.45, 2.75) is 29.4 Å². The van der Waals surface area contributed by atoms with Gasteiger partial charge in [-0.15, -0.1) is 0 Å². The van der Waals surface area contributed by atoms with Gasteiger partial charge in [0, 0.05) is 24.3 Å². The highest BCUT2D eigenvalue weighted by molar-refractivity contribution is 8.02. The van der Waals surface area contributed by atoms with Gasteiger partial charge in [0.25, 0.3) is 0 Å². The van der Waals surface area contributed by atoms with E-state index in [0.717, 1.165) is 24.3 Å². The highest BCUT2D eigenvalue weighted by Gasteiger charge is 2.50. The van der Waals surface area contributed by atoms with Crippen molar-refractivity contribution in [3.8, 4) is 0 Å². The van der Waals surface area contributed by atoms with Crippen molar-refractivity contribution < 1.29 is 26.3 Å². The molecular formula is C24H12F6S2+2. The summed E-state index contributed by atoms with van der Waals surface area (Å²) in [6, 6.07) is 17.9. The first-order chi connectivity index (χ1) is 15.4. The van der Waals surface area contributed by atoms with E-state index in [0.29, 0.717) is 19.6 Å². The molecule has 0 atom stereocenters. The molecule has 8 heteroatoms. The van der Waals surface area contributed by atoms with Gasteiger partial charge in [0.05, 0.1) is 0 Å². The lowest BCUT2D eigenvalue weighted by Gasteiger charge is -2.19. The van der Waals surface area contributed by atoms with Crippen LogP contribution >= 0.6 is 0 Å². The van der Waals surface area contributed by atoms with Gasteiger partial charge < -0.3 is 0 Å². The molecule has 0 aliphatic carbocycles. The van der Waals surface area contributed by atoms with E-state index in [1.54, 1.807) is 48.5 Å². The second kappa shape index (κ2) is 7.94. The van der Waals surface area contributed by atoms with E-state index in [9.17, 15) is 26.3 Å². The summed E-state index contributed by atoms with van der Waals surface area (Å²) in [7, 11) is -2.00. The molecule has 0 bridgehead atoms. The molecule has 32 heavy (non-hydrogen) atoms. The zero-order valence-electron chi connectivity index (χ0n) is 16.0. The predicted octanol–water partition coefficient (Wildman–Crippen LogP) is 7.03. The van der Waals surface area contributed by atoms with E-state index in [1.165, 1.54) is 0 Å². The van der Waals surface area contributed by atoms with Crippen LogP contribution < -0.4 is 0 Å². The minimum atomic E-state index is -1.55. The quantitative estimate of drug-likeness (QED) is 0.145. The molecule has 0 amide bonds. The normalized spacial score (nSPS) is 17.1. The second-order valence-corrected chi connectivity index (χ2v) is 10.8. The Morgan fingerprint density at radius 3 is 0.906 bits per heavy atom. The summed E-state index contributed by atoms with van der Waals surface area (Å²) in [5.41, 5.74) is 0. The summed E-state index contributed by atoms with van der Waals surface area (Å²) in [6.07, 6.45) is 0. The van der Waals surface area contributed by atoms with Crippen molar-refractivity contribution in [2.75, 3.05) is 0 Å². The Bertz CT molecular complexity index is 1170. The van der Waals surface area contributed by atoms with Crippen molar-refractivity contribution in [1.29, 1.82) is 0 Å². The molecule has 0 fully saturated rings. The van der Waals surface area contributed by atoms with Crippen molar-refractivity contribution >= 4 is 21.8 Å². The van der Waals surface area contributed by atoms with E-state index in [1.807, 2.05) is 0 Å². The van der Waals surface area contributed by atoms with E-state index in [4.69, 9.17) is 0 Å². The summed E-state index contributed by atoms with van der Waals surface area (Å²) in [6.45, 7) is 0. The largest absolute Gasteiger partial charge is 0.222 e. The molecule has 160 valence electrons. The Labute approximate surface area is 185 Å². The zero-order chi connectivity index (χ0) is 22.6. The third-order valence-corrected chi connectivity index (χ3v) is 9.82. The van der Waals surface area contributed by atoms with Crippen LogP contribution in [0, 0.1) is 34.9 Å². The average molecular weight is 478 g/mol. The summed E-state index contributed by atoms with van der Waals surface area (Å²) in [4.78, 5) is 3.22. The third-order valence-electron chi connectivity index (χ3n) is 4.96. The summed E-state index contributed by atoms with van der Waals surface area (Å²) < 4.78 is 83.6. The fraction of sp³-hybridized carbons (Fsp3) is 0. The number of fused-ring (bicyclic) bond motifs is 2. The van der Waals surface area contributed by atoms with Gasteiger partial charge in [-0.2, -0.15) is 0 Å². The fourth-order valence-corrected chi connectivity index (χ4v) is 8.93. The van der Waals surface area contributed by atoms with Crippen LogP contribution in [0.15, 0.2) is 102 Å². The Morgan fingerprint density at radius 2 is 0.656 bits per heavy atom. The Balaban J connectivity index is 1.79. The lowest BCUT2D eigenvalue weighted by atomic mass is 10.3. The zero-order valence-corrected chi connectivity index (χ0v) is 17.6. The molecule has 4 aromatic carbocycles. The first-order valence-corrected chi connectivity index (χ1v) is 11.8. The fourth-order valence-electron chi connectivity index (χ4n) is 3.62. The van der Waals surface area contributed by atoms with E-state index in [-0.39, 0.29) is 9.79 Å². The summed E-state index contributed by atoms with van der Waals surface area (Å²) >= 11 is 0. The standard InChI is InChI=1S/C24H12F6S2/c25-15-9-13(10-16(26)23(15)29)31-19-5-1-2-6-20(19)32(22-8-4-3-7-21(22)31)14-11-17(27)24(30)18(28)12-14/h1-12H/q+2. The van der Waals surface area contributed by atoms with Crippen molar-refractivity contribution in [2.24, 2.45) is 0 Å². The monoisotopic (exact) mass is 478 g/mol. The third kappa shape index (κ3) is 3.29. The van der Waals surface area contributed by atoms with Gasteiger partial charge >= 0.3 is 0 Å². The summed E-state index contributed by atoms with van der Waals surface area (Å²) in [5, 5.41) is 0. The van der Waals surface area contributed by atoms with E-state index < -0.39 is 56.7 Å². The first-order valence-electron chi connectivity index (χ1n) is 9.32. The number of rotatable bonds is 2. The van der Waals surface area contributed by atoms with Crippen LogP contribution in [0.3, 0.4) is 0 Å². The number of halogens is 6. The minimum absolute atomic E-state index is 0.237. The maximum atomic E-state index is 14.1. The van der Waals surface area contributed by atoms with Crippen molar-refractivity contribution in [1.82, 2.24) is 0 Å². The van der Waals surface area contributed by atoms with Crippen LogP contribution in [0.2, 0.25) is 0 Å². The van der Waals surface area contributed by atoms with Gasteiger partial charge in [-0.05, 0) is 24.3 Å². The Morgan fingerprint density at radius 1 is 0.406 bits per heavy atom. The topological polar surface area (TPSA) is 0 Å². The van der Waals surface area contributed by atoms with Crippen LogP contribution in [0.5, 0.6) is 0 Å². The molecule has 1 aliphatic heterocycles. The molecule has 0 N–H and O–H groups in total. The van der Waals surface area contributed by atoms with Crippen LogP contribution in [-0.2, 0) is 21.8 Å². The predicted molar refractivity (Wildman–Crippen MR) is 110 cm³/mol. The Hall–Kier alpha value is -2.84. The number of benzene rings is 4. The number of hydrogen-bond acceptors (Lipinski definition) is 0. The maximum Gasteiger partial charge on any atom is 0.222 e. The van der Waals surface area contributed by atoms with Crippen LogP contribution in [0.4, 0.5) is 26.3 Å². The maximum absolute atomic E-state index is 14.1. The van der Waals surface area contributed by atoms with Crippen LogP contribution in [-0.4, -0.2) is 0 Å².